The minimum Gasteiger partial charge on any atom is -0.480 e. The van der Waals surface area contributed by atoms with Gasteiger partial charge in [0.25, 0.3) is 11.6 Å². The second-order valence-electron chi connectivity index (χ2n) is 5.59. The SMILES string of the molecule is CCc1ccc(C(=O)N2CCCC2(C)C(=O)O)cc1[N+](=O)[O-]. The first-order chi connectivity index (χ1) is 10.3. The maximum absolute atomic E-state index is 12.6. The van der Waals surface area contributed by atoms with E-state index in [-0.39, 0.29) is 11.3 Å². The number of benzene rings is 1. The molecule has 2 rings (SSSR count). The number of hydrogen-bond donors (Lipinski definition) is 1. The summed E-state index contributed by atoms with van der Waals surface area (Å²) in [5.74, 6) is -1.54. The van der Waals surface area contributed by atoms with Gasteiger partial charge in [-0.15, -0.1) is 0 Å². The van der Waals surface area contributed by atoms with Crippen LogP contribution in [0, 0.1) is 10.1 Å². The number of rotatable bonds is 4. The maximum Gasteiger partial charge on any atom is 0.329 e. The van der Waals surface area contributed by atoms with E-state index in [1.165, 1.54) is 24.0 Å². The van der Waals surface area contributed by atoms with Crippen molar-refractivity contribution in [2.24, 2.45) is 0 Å². The minimum atomic E-state index is -1.25. The van der Waals surface area contributed by atoms with Gasteiger partial charge >= 0.3 is 5.97 Å². The predicted molar refractivity (Wildman–Crippen MR) is 78.8 cm³/mol. The van der Waals surface area contributed by atoms with Crippen LogP contribution in [-0.4, -0.2) is 38.9 Å². The molecular formula is C15H18N2O5. The van der Waals surface area contributed by atoms with Gasteiger partial charge in [-0.2, -0.15) is 0 Å². The van der Waals surface area contributed by atoms with Crippen molar-refractivity contribution in [3.05, 3.63) is 39.4 Å². The van der Waals surface area contributed by atoms with Gasteiger partial charge in [-0.3, -0.25) is 14.9 Å². The number of nitro benzene ring substituents is 1. The second-order valence-corrected chi connectivity index (χ2v) is 5.59. The van der Waals surface area contributed by atoms with Gasteiger partial charge in [0.1, 0.15) is 5.54 Å². The highest BCUT2D eigenvalue weighted by atomic mass is 16.6. The lowest BCUT2D eigenvalue weighted by Crippen LogP contribution is -2.50. The first-order valence-corrected chi connectivity index (χ1v) is 7.14. The molecule has 1 N–H and O–H groups in total. The summed E-state index contributed by atoms with van der Waals surface area (Å²) in [7, 11) is 0. The first-order valence-electron chi connectivity index (χ1n) is 7.14. The molecular weight excluding hydrogens is 288 g/mol. The normalized spacial score (nSPS) is 20.9. The van der Waals surface area contributed by atoms with Crippen LogP contribution in [0.2, 0.25) is 0 Å². The molecule has 0 bridgehead atoms. The smallest absolute Gasteiger partial charge is 0.329 e. The summed E-state index contributed by atoms with van der Waals surface area (Å²) >= 11 is 0. The number of hydrogen-bond acceptors (Lipinski definition) is 4. The lowest BCUT2D eigenvalue weighted by atomic mass is 9.98. The molecule has 7 nitrogen and oxygen atoms in total. The van der Waals surface area contributed by atoms with Gasteiger partial charge in [0.2, 0.25) is 0 Å². The predicted octanol–water partition coefficient (Wildman–Crippen LogP) is 2.24. The molecule has 0 aromatic heterocycles. The van der Waals surface area contributed by atoms with Crippen LogP contribution in [0.15, 0.2) is 18.2 Å². The van der Waals surface area contributed by atoms with Crippen molar-refractivity contribution in [2.45, 2.75) is 38.6 Å². The molecule has 1 amide bonds. The summed E-state index contributed by atoms with van der Waals surface area (Å²) in [6.07, 6.45) is 1.47. The van der Waals surface area contributed by atoms with E-state index in [0.717, 1.165) is 0 Å². The van der Waals surface area contributed by atoms with Crippen molar-refractivity contribution in [2.75, 3.05) is 6.54 Å². The number of carbonyl (C=O) groups is 2. The molecule has 0 radical (unpaired) electrons. The molecule has 0 saturated carbocycles. The highest BCUT2D eigenvalue weighted by Crippen LogP contribution is 2.31. The number of carboxylic acid groups (broad SMARTS) is 1. The number of nitrogens with zero attached hydrogens (tertiary/aromatic N) is 2. The van der Waals surface area contributed by atoms with Gasteiger partial charge in [-0.05, 0) is 32.3 Å². The fraction of sp³-hybridized carbons (Fsp3) is 0.467. The first kappa shape index (κ1) is 15.9. The third-order valence-corrected chi connectivity index (χ3v) is 4.26. The fourth-order valence-corrected chi connectivity index (χ4v) is 2.83. The highest BCUT2D eigenvalue weighted by molar-refractivity contribution is 5.98. The molecule has 7 heteroatoms. The summed E-state index contributed by atoms with van der Waals surface area (Å²) in [5.41, 5.74) is -0.665. The van der Waals surface area contributed by atoms with Gasteiger partial charge in [0.15, 0.2) is 0 Å². The molecule has 1 aromatic rings. The van der Waals surface area contributed by atoms with Crippen molar-refractivity contribution >= 4 is 17.6 Å². The number of amides is 1. The lowest BCUT2D eigenvalue weighted by molar-refractivity contribution is -0.385. The van der Waals surface area contributed by atoms with Crippen LogP contribution in [0.25, 0.3) is 0 Å². The van der Waals surface area contributed by atoms with Crippen molar-refractivity contribution in [1.82, 2.24) is 4.90 Å². The van der Waals surface area contributed by atoms with Crippen LogP contribution in [0.1, 0.15) is 42.6 Å². The average Bonchev–Trinajstić information content (AvgIpc) is 2.89. The lowest BCUT2D eigenvalue weighted by Gasteiger charge is -2.31. The second kappa shape index (κ2) is 5.75. The van der Waals surface area contributed by atoms with E-state index in [2.05, 4.69) is 0 Å². The summed E-state index contributed by atoms with van der Waals surface area (Å²) in [4.78, 5) is 35.9. The zero-order chi connectivity index (χ0) is 16.5. The highest BCUT2D eigenvalue weighted by Gasteiger charge is 2.46. The molecule has 1 saturated heterocycles. The summed E-state index contributed by atoms with van der Waals surface area (Å²) in [6, 6.07) is 4.32. The number of aliphatic carboxylic acids is 1. The van der Waals surface area contributed by atoms with Crippen molar-refractivity contribution < 1.29 is 19.6 Å². The van der Waals surface area contributed by atoms with Crippen molar-refractivity contribution in [3.63, 3.8) is 0 Å². The van der Waals surface area contributed by atoms with E-state index in [9.17, 15) is 24.8 Å². The van der Waals surface area contributed by atoms with E-state index in [4.69, 9.17) is 0 Å². The van der Waals surface area contributed by atoms with E-state index < -0.39 is 22.3 Å². The van der Waals surface area contributed by atoms with Crippen LogP contribution in [0.4, 0.5) is 5.69 Å². The third kappa shape index (κ3) is 2.54. The zero-order valence-corrected chi connectivity index (χ0v) is 12.5. The van der Waals surface area contributed by atoms with Gasteiger partial charge in [-0.25, -0.2) is 4.79 Å². The average molecular weight is 306 g/mol. The maximum atomic E-state index is 12.6. The Morgan fingerprint density at radius 1 is 1.45 bits per heavy atom. The summed E-state index contributed by atoms with van der Waals surface area (Å²) in [6.45, 7) is 3.64. The fourth-order valence-electron chi connectivity index (χ4n) is 2.83. The molecule has 1 fully saturated rings. The molecule has 1 atom stereocenters. The molecule has 1 unspecified atom stereocenters. The Kier molecular flexibility index (Phi) is 4.16. The molecule has 0 aliphatic carbocycles. The van der Waals surface area contributed by atoms with Gasteiger partial charge in [-0.1, -0.05) is 13.0 Å². The zero-order valence-electron chi connectivity index (χ0n) is 12.5. The van der Waals surface area contributed by atoms with E-state index in [0.29, 0.717) is 31.4 Å². The van der Waals surface area contributed by atoms with Gasteiger partial charge in [0.05, 0.1) is 4.92 Å². The molecule has 0 spiro atoms. The van der Waals surface area contributed by atoms with Crippen LogP contribution in [-0.2, 0) is 11.2 Å². The monoisotopic (exact) mass is 306 g/mol. The Morgan fingerprint density at radius 2 is 2.14 bits per heavy atom. The Labute approximate surface area is 127 Å². The van der Waals surface area contributed by atoms with Crippen molar-refractivity contribution in [3.8, 4) is 0 Å². The van der Waals surface area contributed by atoms with E-state index in [1.807, 2.05) is 0 Å². The standard InChI is InChI=1S/C15H18N2O5/c1-3-10-5-6-11(9-12(10)17(21)22)13(18)16-8-4-7-15(16,2)14(19)20/h5-6,9H,3-4,7-8H2,1-2H3,(H,19,20). The van der Waals surface area contributed by atoms with Crippen LogP contribution in [0.3, 0.4) is 0 Å². The molecule has 1 aliphatic rings. The quantitative estimate of drug-likeness (QED) is 0.679. The van der Waals surface area contributed by atoms with Gasteiger partial charge in [0, 0.05) is 23.7 Å². The van der Waals surface area contributed by atoms with Crippen LogP contribution < -0.4 is 0 Å². The number of nitro groups is 1. The molecule has 1 aliphatic heterocycles. The van der Waals surface area contributed by atoms with Crippen LogP contribution >= 0.6 is 0 Å². The third-order valence-electron chi connectivity index (χ3n) is 4.26. The number of carboxylic acids is 1. The van der Waals surface area contributed by atoms with E-state index in [1.54, 1.807) is 13.0 Å². The van der Waals surface area contributed by atoms with Gasteiger partial charge < -0.3 is 10.0 Å². The number of aryl methyl sites for hydroxylation is 1. The Morgan fingerprint density at radius 3 is 2.68 bits per heavy atom. The van der Waals surface area contributed by atoms with E-state index >= 15 is 0 Å². The molecule has 1 heterocycles. The summed E-state index contributed by atoms with van der Waals surface area (Å²) in [5, 5.41) is 20.5. The Balaban J connectivity index is 2.40. The number of carbonyl (C=O) groups excluding carboxylic acids is 1. The largest absolute Gasteiger partial charge is 0.480 e. The number of likely N-dealkylation sites (tertiary alicyclic amines) is 1. The van der Waals surface area contributed by atoms with Crippen molar-refractivity contribution in [1.29, 1.82) is 0 Å². The van der Waals surface area contributed by atoms with Crippen LogP contribution in [0.5, 0.6) is 0 Å². The topological polar surface area (TPSA) is 101 Å². The molecule has 1 aromatic carbocycles. The molecule has 118 valence electrons. The minimum absolute atomic E-state index is 0.107. The summed E-state index contributed by atoms with van der Waals surface area (Å²) < 4.78 is 0. The Hall–Kier alpha value is -2.44. The Bertz CT molecular complexity index is 643. The molecule has 22 heavy (non-hydrogen) atoms.